The first-order valence-electron chi connectivity index (χ1n) is 3.85. The maximum Gasteiger partial charge on any atom is 0.0981 e. The Labute approximate surface area is 65.6 Å². The lowest BCUT2D eigenvalue weighted by atomic mass is 10.1. The minimum atomic E-state index is 1.08. The van der Waals surface area contributed by atoms with E-state index in [1.807, 2.05) is 0 Å². The number of hydrogen-bond acceptors (Lipinski definition) is 1. The number of fused-ring (bicyclic) bond motifs is 1. The monoisotopic (exact) mass is 146 g/mol. The van der Waals surface area contributed by atoms with Crippen molar-refractivity contribution in [2.75, 3.05) is 0 Å². The molecule has 1 heterocycles. The average Bonchev–Trinajstić information content (AvgIpc) is 2.50. The highest BCUT2D eigenvalue weighted by Crippen LogP contribution is 2.16. The largest absolute Gasteiger partial charge is 0.471 e. The minimum absolute atomic E-state index is 1.08. The molecule has 1 aromatic carbocycles. The topological polar surface area (TPSA) is 13.1 Å². The molecule has 0 aliphatic heterocycles. The molecular formula is C10H10O. The second kappa shape index (κ2) is 2.42. The highest BCUT2D eigenvalue weighted by Gasteiger charge is 1.95. The molecule has 0 bridgehead atoms. The molecule has 0 radical (unpaired) electrons. The predicted octanol–water partition coefficient (Wildman–Crippen LogP) is 3.00. The van der Waals surface area contributed by atoms with Crippen LogP contribution in [0, 0.1) is 0 Å². The summed E-state index contributed by atoms with van der Waals surface area (Å²) >= 11 is 0. The van der Waals surface area contributed by atoms with E-state index < -0.39 is 0 Å². The SMILES string of the molecule is CCc1ccc2cocc2c1. The van der Waals surface area contributed by atoms with E-state index in [-0.39, 0.29) is 0 Å². The first kappa shape index (κ1) is 6.47. The van der Waals surface area contributed by atoms with E-state index in [9.17, 15) is 0 Å². The molecule has 0 atom stereocenters. The molecule has 0 saturated carbocycles. The zero-order chi connectivity index (χ0) is 7.68. The molecule has 1 aromatic heterocycles. The van der Waals surface area contributed by atoms with Crippen LogP contribution in [0.1, 0.15) is 12.5 Å². The van der Waals surface area contributed by atoms with E-state index >= 15 is 0 Å². The third kappa shape index (κ3) is 1.03. The van der Waals surface area contributed by atoms with Crippen molar-refractivity contribution in [2.45, 2.75) is 13.3 Å². The van der Waals surface area contributed by atoms with Gasteiger partial charge in [-0.25, -0.2) is 0 Å². The summed E-state index contributed by atoms with van der Waals surface area (Å²) in [5.41, 5.74) is 1.36. The Morgan fingerprint density at radius 2 is 2.00 bits per heavy atom. The van der Waals surface area contributed by atoms with Crippen molar-refractivity contribution in [1.82, 2.24) is 0 Å². The van der Waals surface area contributed by atoms with Gasteiger partial charge < -0.3 is 4.42 Å². The van der Waals surface area contributed by atoms with Gasteiger partial charge >= 0.3 is 0 Å². The fourth-order valence-electron chi connectivity index (χ4n) is 1.23. The summed E-state index contributed by atoms with van der Waals surface area (Å²) < 4.78 is 5.06. The Hall–Kier alpha value is -1.24. The van der Waals surface area contributed by atoms with E-state index in [2.05, 4.69) is 25.1 Å². The molecule has 0 aliphatic rings. The van der Waals surface area contributed by atoms with Gasteiger partial charge in [-0.05, 0) is 18.1 Å². The van der Waals surface area contributed by atoms with Crippen molar-refractivity contribution in [1.29, 1.82) is 0 Å². The molecule has 2 aromatic rings. The third-order valence-corrected chi connectivity index (χ3v) is 1.95. The smallest absolute Gasteiger partial charge is 0.0981 e. The molecule has 2 rings (SSSR count). The molecule has 1 heteroatoms. The van der Waals surface area contributed by atoms with E-state index in [4.69, 9.17) is 4.42 Å². The summed E-state index contributed by atoms with van der Waals surface area (Å²) in [5.74, 6) is 0. The van der Waals surface area contributed by atoms with Crippen LogP contribution >= 0.6 is 0 Å². The molecule has 56 valence electrons. The van der Waals surface area contributed by atoms with Gasteiger partial charge in [0.25, 0.3) is 0 Å². The quantitative estimate of drug-likeness (QED) is 0.602. The number of rotatable bonds is 1. The van der Waals surface area contributed by atoms with E-state index in [1.165, 1.54) is 16.3 Å². The van der Waals surface area contributed by atoms with E-state index in [0.717, 1.165) is 6.42 Å². The van der Waals surface area contributed by atoms with Gasteiger partial charge in [-0.1, -0.05) is 19.1 Å². The van der Waals surface area contributed by atoms with Gasteiger partial charge in [0.2, 0.25) is 0 Å². The molecule has 0 unspecified atom stereocenters. The van der Waals surface area contributed by atoms with Crippen LogP contribution in [0.25, 0.3) is 10.8 Å². The summed E-state index contributed by atoms with van der Waals surface area (Å²) in [5, 5.41) is 2.38. The van der Waals surface area contributed by atoms with Gasteiger partial charge in [0.05, 0.1) is 12.5 Å². The average molecular weight is 146 g/mol. The van der Waals surface area contributed by atoms with Crippen molar-refractivity contribution < 1.29 is 4.42 Å². The number of furan rings is 1. The molecule has 1 nitrogen and oxygen atoms in total. The van der Waals surface area contributed by atoms with Crippen molar-refractivity contribution in [3.63, 3.8) is 0 Å². The maximum absolute atomic E-state index is 5.06. The Bertz CT molecular complexity index is 360. The van der Waals surface area contributed by atoms with Crippen LogP contribution in [0.15, 0.2) is 35.1 Å². The first-order chi connectivity index (χ1) is 5.40. The lowest BCUT2D eigenvalue weighted by molar-refractivity contribution is 0.572. The van der Waals surface area contributed by atoms with Gasteiger partial charge in [0, 0.05) is 10.8 Å². The molecule has 0 aliphatic carbocycles. The van der Waals surface area contributed by atoms with Crippen LogP contribution in [-0.2, 0) is 6.42 Å². The van der Waals surface area contributed by atoms with Crippen LogP contribution in [0.5, 0.6) is 0 Å². The van der Waals surface area contributed by atoms with Gasteiger partial charge in [0.15, 0.2) is 0 Å². The van der Waals surface area contributed by atoms with Crippen LogP contribution < -0.4 is 0 Å². The molecular weight excluding hydrogens is 136 g/mol. The second-order valence-electron chi connectivity index (χ2n) is 2.69. The lowest BCUT2D eigenvalue weighted by Gasteiger charge is -1.93. The summed E-state index contributed by atoms with van der Waals surface area (Å²) in [6.07, 6.45) is 4.64. The fourth-order valence-corrected chi connectivity index (χ4v) is 1.23. The van der Waals surface area contributed by atoms with Crippen LogP contribution in [0.2, 0.25) is 0 Å². The van der Waals surface area contributed by atoms with Gasteiger partial charge in [-0.3, -0.25) is 0 Å². The fraction of sp³-hybridized carbons (Fsp3) is 0.200. The van der Waals surface area contributed by atoms with Crippen molar-refractivity contribution in [3.05, 3.63) is 36.3 Å². The van der Waals surface area contributed by atoms with Gasteiger partial charge in [-0.15, -0.1) is 0 Å². The van der Waals surface area contributed by atoms with Crippen LogP contribution in [0.4, 0.5) is 0 Å². The minimum Gasteiger partial charge on any atom is -0.471 e. The number of aryl methyl sites for hydroxylation is 1. The van der Waals surface area contributed by atoms with E-state index in [0.29, 0.717) is 0 Å². The normalized spacial score (nSPS) is 10.6. The van der Waals surface area contributed by atoms with Crippen molar-refractivity contribution >= 4 is 10.8 Å². The summed E-state index contributed by atoms with van der Waals surface area (Å²) in [7, 11) is 0. The summed E-state index contributed by atoms with van der Waals surface area (Å²) in [4.78, 5) is 0. The van der Waals surface area contributed by atoms with Crippen molar-refractivity contribution in [3.8, 4) is 0 Å². The highest BCUT2D eigenvalue weighted by molar-refractivity contribution is 5.81. The standard InChI is InChI=1S/C10H10O/c1-2-8-3-4-9-6-11-7-10(9)5-8/h3-7H,2H2,1H3. The maximum atomic E-state index is 5.06. The summed E-state index contributed by atoms with van der Waals surface area (Å²) in [6.45, 7) is 2.15. The Kier molecular flexibility index (Phi) is 1.42. The van der Waals surface area contributed by atoms with Crippen LogP contribution in [0.3, 0.4) is 0 Å². The zero-order valence-electron chi connectivity index (χ0n) is 6.50. The van der Waals surface area contributed by atoms with E-state index in [1.54, 1.807) is 12.5 Å². The third-order valence-electron chi connectivity index (χ3n) is 1.95. The molecule has 0 spiro atoms. The second-order valence-corrected chi connectivity index (χ2v) is 2.69. The predicted molar refractivity (Wildman–Crippen MR) is 45.6 cm³/mol. The number of hydrogen-bond donors (Lipinski definition) is 0. The Morgan fingerprint density at radius 3 is 2.82 bits per heavy atom. The number of benzene rings is 1. The lowest BCUT2D eigenvalue weighted by Crippen LogP contribution is -1.76. The van der Waals surface area contributed by atoms with Crippen LogP contribution in [-0.4, -0.2) is 0 Å². The highest BCUT2D eigenvalue weighted by atomic mass is 16.3. The van der Waals surface area contributed by atoms with Gasteiger partial charge in [-0.2, -0.15) is 0 Å². The zero-order valence-corrected chi connectivity index (χ0v) is 6.50. The molecule has 0 fully saturated rings. The summed E-state index contributed by atoms with van der Waals surface area (Å²) in [6, 6.07) is 6.40. The first-order valence-corrected chi connectivity index (χ1v) is 3.85. The molecule has 11 heavy (non-hydrogen) atoms. The van der Waals surface area contributed by atoms with Crippen molar-refractivity contribution in [2.24, 2.45) is 0 Å². The Morgan fingerprint density at radius 1 is 1.18 bits per heavy atom. The molecule has 0 amide bonds. The molecule has 0 N–H and O–H groups in total. The van der Waals surface area contributed by atoms with Gasteiger partial charge in [0.1, 0.15) is 0 Å². The Balaban J connectivity index is 2.67. The molecule has 0 saturated heterocycles.